The summed E-state index contributed by atoms with van der Waals surface area (Å²) in [4.78, 5) is 23.6. The van der Waals surface area contributed by atoms with Gasteiger partial charge in [0.05, 0.1) is 11.8 Å². The van der Waals surface area contributed by atoms with E-state index < -0.39 is 5.41 Å². The molecular weight excluding hydrogens is 280 g/mol. The van der Waals surface area contributed by atoms with Crippen LogP contribution in [0.4, 0.5) is 0 Å². The van der Waals surface area contributed by atoms with Crippen molar-refractivity contribution in [2.75, 3.05) is 6.61 Å². The Bertz CT molecular complexity index is 529. The molecule has 0 aliphatic rings. The quantitative estimate of drug-likeness (QED) is 0.570. The van der Waals surface area contributed by atoms with Crippen LogP contribution in [0.1, 0.15) is 39.7 Å². The van der Waals surface area contributed by atoms with E-state index in [1.807, 2.05) is 50.3 Å². The van der Waals surface area contributed by atoms with Crippen molar-refractivity contribution in [3.05, 3.63) is 47.5 Å². The molecule has 0 saturated carbocycles. The van der Waals surface area contributed by atoms with Gasteiger partial charge in [0.25, 0.3) is 0 Å². The molecule has 22 heavy (non-hydrogen) atoms. The highest BCUT2D eigenvalue weighted by atomic mass is 16.5. The van der Waals surface area contributed by atoms with Crippen LogP contribution in [-0.4, -0.2) is 18.5 Å². The fourth-order valence-electron chi connectivity index (χ4n) is 1.74. The summed E-state index contributed by atoms with van der Waals surface area (Å²) in [5.41, 5.74) is 1.18. The molecule has 1 aromatic rings. The Balaban J connectivity index is 2.32. The van der Waals surface area contributed by atoms with Crippen molar-refractivity contribution in [2.45, 2.75) is 40.7 Å². The molecule has 0 N–H and O–H groups in total. The maximum absolute atomic E-state index is 12.0. The molecule has 0 heterocycles. The molecule has 0 aliphatic carbocycles. The van der Waals surface area contributed by atoms with Crippen LogP contribution in [0.5, 0.6) is 0 Å². The van der Waals surface area contributed by atoms with E-state index in [4.69, 9.17) is 9.47 Å². The first kappa shape index (κ1) is 18.0. The highest BCUT2D eigenvalue weighted by molar-refractivity contribution is 5.79. The number of esters is 2. The molecule has 4 nitrogen and oxygen atoms in total. The van der Waals surface area contributed by atoms with Crippen LogP contribution in [0.2, 0.25) is 0 Å². The molecule has 0 spiro atoms. The molecular formula is C18H24O4. The molecule has 0 atom stereocenters. The van der Waals surface area contributed by atoms with Gasteiger partial charge >= 0.3 is 11.9 Å². The first-order valence-electron chi connectivity index (χ1n) is 7.38. The molecule has 0 aromatic heterocycles. The number of ether oxygens (including phenoxy) is 2. The van der Waals surface area contributed by atoms with Crippen molar-refractivity contribution >= 4 is 11.9 Å². The molecule has 0 unspecified atom stereocenters. The average molecular weight is 304 g/mol. The topological polar surface area (TPSA) is 52.6 Å². The predicted octanol–water partition coefficient (Wildman–Crippen LogP) is 3.66. The van der Waals surface area contributed by atoms with E-state index in [9.17, 15) is 9.59 Å². The second kappa shape index (κ2) is 8.37. The second-order valence-electron chi connectivity index (χ2n) is 5.63. The molecule has 0 saturated heterocycles. The van der Waals surface area contributed by atoms with E-state index >= 15 is 0 Å². The third kappa shape index (κ3) is 5.35. The summed E-state index contributed by atoms with van der Waals surface area (Å²) in [6.45, 7) is 7.64. The Morgan fingerprint density at radius 1 is 1.14 bits per heavy atom. The lowest BCUT2D eigenvalue weighted by molar-refractivity contribution is -0.155. The van der Waals surface area contributed by atoms with Crippen LogP contribution in [-0.2, 0) is 25.7 Å². The zero-order valence-electron chi connectivity index (χ0n) is 13.7. The molecule has 0 amide bonds. The summed E-state index contributed by atoms with van der Waals surface area (Å²) < 4.78 is 10.3. The molecule has 4 heteroatoms. The van der Waals surface area contributed by atoms with Crippen LogP contribution in [0.25, 0.3) is 0 Å². The van der Waals surface area contributed by atoms with Crippen molar-refractivity contribution in [1.82, 2.24) is 0 Å². The normalized spacial score (nSPS) is 11.9. The van der Waals surface area contributed by atoms with E-state index in [0.29, 0.717) is 0 Å². The maximum Gasteiger partial charge on any atom is 0.315 e. The van der Waals surface area contributed by atoms with Crippen molar-refractivity contribution in [3.63, 3.8) is 0 Å². The summed E-state index contributed by atoms with van der Waals surface area (Å²) in [5, 5.41) is 0. The fraction of sp³-hybridized carbons (Fsp3) is 0.444. The highest BCUT2D eigenvalue weighted by Gasteiger charge is 2.30. The van der Waals surface area contributed by atoms with Crippen LogP contribution in [0.15, 0.2) is 42.0 Å². The summed E-state index contributed by atoms with van der Waals surface area (Å²) in [6, 6.07) is 9.44. The monoisotopic (exact) mass is 304 g/mol. The standard InChI is InChI=1S/C18H24O4/c1-5-14(2)18(3,4)17(20)21-12-11-16(19)22-13-15-9-7-6-8-10-15/h5-10H,11-13H2,1-4H3/b14-5-. The first-order valence-corrected chi connectivity index (χ1v) is 7.38. The van der Waals surface area contributed by atoms with Gasteiger partial charge in [0.2, 0.25) is 0 Å². The summed E-state index contributed by atoms with van der Waals surface area (Å²) in [7, 11) is 0. The fourth-order valence-corrected chi connectivity index (χ4v) is 1.74. The Hall–Kier alpha value is -2.10. The highest BCUT2D eigenvalue weighted by Crippen LogP contribution is 2.27. The van der Waals surface area contributed by atoms with E-state index in [-0.39, 0.29) is 31.6 Å². The third-order valence-electron chi connectivity index (χ3n) is 3.71. The lowest BCUT2D eigenvalue weighted by atomic mass is 9.85. The molecule has 0 bridgehead atoms. The van der Waals surface area contributed by atoms with Gasteiger partial charge in [0, 0.05) is 0 Å². The van der Waals surface area contributed by atoms with Gasteiger partial charge < -0.3 is 9.47 Å². The number of rotatable bonds is 7. The van der Waals surface area contributed by atoms with E-state index in [2.05, 4.69) is 0 Å². The SMILES string of the molecule is C/C=C(/C)C(C)(C)C(=O)OCCC(=O)OCc1ccccc1. The first-order chi connectivity index (χ1) is 10.4. The lowest BCUT2D eigenvalue weighted by Gasteiger charge is -2.23. The second-order valence-corrected chi connectivity index (χ2v) is 5.63. The summed E-state index contributed by atoms with van der Waals surface area (Å²) in [5.74, 6) is -0.712. The van der Waals surface area contributed by atoms with Gasteiger partial charge in [0.1, 0.15) is 13.2 Å². The third-order valence-corrected chi connectivity index (χ3v) is 3.71. The van der Waals surface area contributed by atoms with Crippen LogP contribution in [0, 0.1) is 5.41 Å². The Morgan fingerprint density at radius 3 is 2.36 bits per heavy atom. The van der Waals surface area contributed by atoms with E-state index in [0.717, 1.165) is 11.1 Å². The Kier molecular flexibility index (Phi) is 6.83. The van der Waals surface area contributed by atoms with Crippen molar-refractivity contribution < 1.29 is 19.1 Å². The summed E-state index contributed by atoms with van der Waals surface area (Å²) >= 11 is 0. The van der Waals surface area contributed by atoms with Gasteiger partial charge in [-0.25, -0.2) is 0 Å². The van der Waals surface area contributed by atoms with Gasteiger partial charge in [-0.2, -0.15) is 0 Å². The number of carbonyl (C=O) groups is 2. The lowest BCUT2D eigenvalue weighted by Crippen LogP contribution is -2.28. The molecule has 1 aromatic carbocycles. The van der Waals surface area contributed by atoms with Crippen LogP contribution >= 0.6 is 0 Å². The van der Waals surface area contributed by atoms with Gasteiger partial charge in [-0.15, -0.1) is 0 Å². The minimum Gasteiger partial charge on any atom is -0.464 e. The smallest absolute Gasteiger partial charge is 0.315 e. The van der Waals surface area contributed by atoms with Crippen molar-refractivity contribution in [3.8, 4) is 0 Å². The molecule has 120 valence electrons. The molecule has 0 aliphatic heterocycles. The minimum atomic E-state index is -0.678. The van der Waals surface area contributed by atoms with Crippen LogP contribution in [0.3, 0.4) is 0 Å². The van der Waals surface area contributed by atoms with Gasteiger partial charge in [-0.3, -0.25) is 9.59 Å². The zero-order chi connectivity index (χ0) is 16.6. The van der Waals surface area contributed by atoms with E-state index in [1.54, 1.807) is 13.8 Å². The Morgan fingerprint density at radius 2 is 1.77 bits per heavy atom. The molecule has 0 radical (unpaired) electrons. The number of allylic oxidation sites excluding steroid dienone is 1. The van der Waals surface area contributed by atoms with Gasteiger partial charge in [0.15, 0.2) is 0 Å². The minimum absolute atomic E-state index is 0.0346. The molecule has 0 fully saturated rings. The predicted molar refractivity (Wildman–Crippen MR) is 85.0 cm³/mol. The average Bonchev–Trinajstić information content (AvgIpc) is 2.52. The molecule has 1 rings (SSSR count). The van der Waals surface area contributed by atoms with E-state index in [1.165, 1.54) is 0 Å². The number of carbonyl (C=O) groups excluding carboxylic acids is 2. The summed E-state index contributed by atoms with van der Waals surface area (Å²) in [6.07, 6.45) is 1.94. The van der Waals surface area contributed by atoms with Gasteiger partial charge in [-0.05, 0) is 33.3 Å². The van der Waals surface area contributed by atoms with Crippen LogP contribution < -0.4 is 0 Å². The van der Waals surface area contributed by atoms with Gasteiger partial charge in [-0.1, -0.05) is 42.0 Å². The number of hydrogen-bond donors (Lipinski definition) is 0. The number of hydrogen-bond acceptors (Lipinski definition) is 4. The maximum atomic E-state index is 12.0. The zero-order valence-corrected chi connectivity index (χ0v) is 13.7. The number of benzene rings is 1. The Labute approximate surface area is 132 Å². The largest absolute Gasteiger partial charge is 0.464 e. The van der Waals surface area contributed by atoms with Crippen molar-refractivity contribution in [2.24, 2.45) is 5.41 Å². The van der Waals surface area contributed by atoms with Crippen molar-refractivity contribution in [1.29, 1.82) is 0 Å².